The molecule has 0 unspecified atom stereocenters. The molecule has 3 rings (SSSR count). The molecule has 0 saturated heterocycles. The molecule has 0 aliphatic rings. The third kappa shape index (κ3) is 4.27. The van der Waals surface area contributed by atoms with E-state index in [9.17, 15) is 9.59 Å². The molecule has 0 bridgehead atoms. The molecule has 3 aromatic rings. The van der Waals surface area contributed by atoms with Crippen molar-refractivity contribution in [2.24, 2.45) is 0 Å². The van der Waals surface area contributed by atoms with Crippen molar-refractivity contribution in [2.45, 2.75) is 6.92 Å². The van der Waals surface area contributed by atoms with Crippen LogP contribution in [0.1, 0.15) is 23.2 Å². The van der Waals surface area contributed by atoms with E-state index in [1.807, 2.05) is 25.1 Å². The van der Waals surface area contributed by atoms with Gasteiger partial charge in [-0.25, -0.2) is 4.98 Å². The number of oxazole rings is 1. The number of fused-ring (bicyclic) bond motifs is 1. The quantitative estimate of drug-likeness (QED) is 0.544. The summed E-state index contributed by atoms with van der Waals surface area (Å²) in [6.45, 7) is 2.43. The van der Waals surface area contributed by atoms with Gasteiger partial charge in [0.15, 0.2) is 5.58 Å². The van der Waals surface area contributed by atoms with Gasteiger partial charge in [-0.2, -0.15) is 0 Å². The fourth-order valence-electron chi connectivity index (χ4n) is 2.21. The van der Waals surface area contributed by atoms with Crippen LogP contribution < -0.4 is 15.6 Å². The van der Waals surface area contributed by atoms with Crippen molar-refractivity contribution >= 4 is 29.0 Å². The molecule has 2 N–H and O–H groups in total. The van der Waals surface area contributed by atoms with Gasteiger partial charge >= 0.3 is 0 Å². The highest BCUT2D eigenvalue weighted by Gasteiger charge is 2.07. The molecule has 2 amide bonds. The first-order valence-electron chi connectivity index (χ1n) is 8.02. The van der Waals surface area contributed by atoms with Crippen LogP contribution in [0.25, 0.3) is 17.2 Å². The average Bonchev–Trinajstić information content (AvgIpc) is 3.08. The zero-order chi connectivity index (χ0) is 18.4. The molecule has 0 aliphatic carbocycles. The van der Waals surface area contributed by atoms with Gasteiger partial charge in [-0.05, 0) is 43.3 Å². The molecule has 2 aromatic carbocycles. The number of aromatic nitrogens is 1. The number of nitrogens with zero attached hydrogens (tertiary/aromatic N) is 1. The monoisotopic (exact) mass is 351 g/mol. The van der Waals surface area contributed by atoms with Gasteiger partial charge < -0.3 is 9.15 Å². The minimum atomic E-state index is -0.508. The molecule has 132 valence electrons. The maximum atomic E-state index is 12.0. The topological polar surface area (TPSA) is 93.5 Å². The van der Waals surface area contributed by atoms with Crippen molar-refractivity contribution in [3.8, 4) is 5.75 Å². The second kappa shape index (κ2) is 7.98. The van der Waals surface area contributed by atoms with Crippen molar-refractivity contribution in [1.82, 2.24) is 15.8 Å². The second-order valence-corrected chi connectivity index (χ2v) is 5.25. The van der Waals surface area contributed by atoms with Crippen molar-refractivity contribution in [3.05, 3.63) is 66.1 Å². The van der Waals surface area contributed by atoms with Crippen molar-refractivity contribution in [2.75, 3.05) is 6.61 Å². The molecule has 7 heteroatoms. The third-order valence-electron chi connectivity index (χ3n) is 3.41. The molecule has 0 spiro atoms. The summed E-state index contributed by atoms with van der Waals surface area (Å²) in [4.78, 5) is 28.0. The zero-order valence-electron chi connectivity index (χ0n) is 14.1. The predicted molar refractivity (Wildman–Crippen MR) is 96.3 cm³/mol. The molecule has 0 saturated carbocycles. The SMILES string of the molecule is CCOc1ccc(C(=O)NNC(=O)/C=C/c2nc3ccccc3o2)cc1. The summed E-state index contributed by atoms with van der Waals surface area (Å²) in [6, 6.07) is 13.9. The van der Waals surface area contributed by atoms with Crippen molar-refractivity contribution in [1.29, 1.82) is 0 Å². The van der Waals surface area contributed by atoms with E-state index >= 15 is 0 Å². The molecule has 1 aromatic heterocycles. The lowest BCUT2D eigenvalue weighted by Gasteiger charge is -2.06. The lowest BCUT2D eigenvalue weighted by Crippen LogP contribution is -2.40. The van der Waals surface area contributed by atoms with E-state index in [1.165, 1.54) is 12.2 Å². The van der Waals surface area contributed by atoms with Gasteiger partial charge in [0.05, 0.1) is 6.61 Å². The van der Waals surface area contributed by atoms with Crippen LogP contribution in [0.3, 0.4) is 0 Å². The van der Waals surface area contributed by atoms with E-state index in [-0.39, 0.29) is 0 Å². The van der Waals surface area contributed by atoms with Crippen molar-refractivity contribution in [3.63, 3.8) is 0 Å². The molecule has 0 aliphatic heterocycles. The van der Waals surface area contributed by atoms with E-state index < -0.39 is 11.8 Å². The summed E-state index contributed by atoms with van der Waals surface area (Å²) in [5, 5.41) is 0. The number of rotatable bonds is 5. The zero-order valence-corrected chi connectivity index (χ0v) is 14.1. The summed E-state index contributed by atoms with van der Waals surface area (Å²) in [5.74, 6) is 0.0387. The van der Waals surface area contributed by atoms with Crippen LogP contribution >= 0.6 is 0 Å². The number of ether oxygens (including phenoxy) is 1. The smallest absolute Gasteiger partial charge is 0.269 e. The Hall–Kier alpha value is -3.61. The minimum Gasteiger partial charge on any atom is -0.494 e. The Kier molecular flexibility index (Phi) is 5.28. The largest absolute Gasteiger partial charge is 0.494 e. The minimum absolute atomic E-state index is 0.305. The standard InChI is InChI=1S/C19H17N3O4/c1-2-25-14-9-7-13(8-10-14)19(24)22-21-17(23)11-12-18-20-15-5-3-4-6-16(15)26-18/h3-12H,2H2,1H3,(H,21,23)(H,22,24)/b12-11+. The first kappa shape index (κ1) is 17.2. The molecule has 0 fully saturated rings. The molecule has 0 atom stereocenters. The number of nitrogens with one attached hydrogen (secondary N) is 2. The maximum absolute atomic E-state index is 12.0. The number of carbonyl (C=O) groups is 2. The number of hydrogen-bond acceptors (Lipinski definition) is 5. The summed E-state index contributed by atoms with van der Waals surface area (Å²) >= 11 is 0. The second-order valence-electron chi connectivity index (χ2n) is 5.25. The van der Waals surface area contributed by atoms with Crippen molar-refractivity contribution < 1.29 is 18.7 Å². The van der Waals surface area contributed by atoms with E-state index in [1.54, 1.807) is 30.3 Å². The molecule has 0 radical (unpaired) electrons. The van der Waals surface area contributed by atoms with E-state index in [4.69, 9.17) is 9.15 Å². The predicted octanol–water partition coefficient (Wildman–Crippen LogP) is 2.70. The first-order chi connectivity index (χ1) is 12.7. The number of hydrogen-bond donors (Lipinski definition) is 2. The highest BCUT2D eigenvalue weighted by Crippen LogP contribution is 2.15. The molecular weight excluding hydrogens is 334 g/mol. The van der Waals surface area contributed by atoms with Crippen LogP contribution in [0.4, 0.5) is 0 Å². The number of carbonyl (C=O) groups excluding carboxylic acids is 2. The van der Waals surface area contributed by atoms with Gasteiger partial charge in [-0.15, -0.1) is 0 Å². The summed E-state index contributed by atoms with van der Waals surface area (Å²) in [6.07, 6.45) is 2.65. The van der Waals surface area contributed by atoms with E-state index in [2.05, 4.69) is 15.8 Å². The van der Waals surface area contributed by atoms with Gasteiger partial charge in [-0.1, -0.05) is 12.1 Å². The Balaban J connectivity index is 1.53. The van der Waals surface area contributed by atoms with Gasteiger partial charge in [0.2, 0.25) is 5.89 Å². The van der Waals surface area contributed by atoms with Gasteiger partial charge in [0.25, 0.3) is 11.8 Å². The Morgan fingerprint density at radius 2 is 1.88 bits per heavy atom. The van der Waals surface area contributed by atoms with E-state index in [0.717, 1.165) is 0 Å². The maximum Gasteiger partial charge on any atom is 0.269 e. The fraction of sp³-hybridized carbons (Fsp3) is 0.105. The summed E-state index contributed by atoms with van der Waals surface area (Å²) < 4.78 is 10.8. The Morgan fingerprint density at radius 1 is 1.12 bits per heavy atom. The number of para-hydroxylation sites is 2. The lowest BCUT2D eigenvalue weighted by atomic mass is 10.2. The van der Waals surface area contributed by atoms with E-state index in [0.29, 0.717) is 34.9 Å². The Labute approximate surface area is 149 Å². The van der Waals surface area contributed by atoms with Gasteiger partial charge in [0.1, 0.15) is 11.3 Å². The normalized spacial score (nSPS) is 10.8. The third-order valence-corrected chi connectivity index (χ3v) is 3.41. The number of hydrazine groups is 1. The lowest BCUT2D eigenvalue weighted by molar-refractivity contribution is -0.117. The van der Waals surface area contributed by atoms with Crippen LogP contribution in [0.2, 0.25) is 0 Å². The highest BCUT2D eigenvalue weighted by molar-refractivity contribution is 5.97. The summed E-state index contributed by atoms with van der Waals surface area (Å²) in [5.41, 5.74) is 6.37. The van der Waals surface area contributed by atoms with Gasteiger partial charge in [0, 0.05) is 17.7 Å². The Bertz CT molecular complexity index is 912. The highest BCUT2D eigenvalue weighted by atomic mass is 16.5. The summed E-state index contributed by atoms with van der Waals surface area (Å²) in [7, 11) is 0. The fourth-order valence-corrected chi connectivity index (χ4v) is 2.21. The van der Waals surface area contributed by atoms with Crippen LogP contribution in [0, 0.1) is 0 Å². The number of amides is 2. The molecule has 26 heavy (non-hydrogen) atoms. The molecule has 7 nitrogen and oxygen atoms in total. The van der Waals surface area contributed by atoms with Crippen LogP contribution in [-0.4, -0.2) is 23.4 Å². The first-order valence-corrected chi connectivity index (χ1v) is 8.02. The molecule has 1 heterocycles. The van der Waals surface area contributed by atoms with Crippen LogP contribution in [-0.2, 0) is 4.79 Å². The van der Waals surface area contributed by atoms with Crippen LogP contribution in [0.5, 0.6) is 5.75 Å². The van der Waals surface area contributed by atoms with Gasteiger partial charge in [-0.3, -0.25) is 20.4 Å². The molecular formula is C19H17N3O4. The number of benzene rings is 2. The Morgan fingerprint density at radius 3 is 2.62 bits per heavy atom. The average molecular weight is 351 g/mol. The van der Waals surface area contributed by atoms with Crippen LogP contribution in [0.15, 0.2) is 59.0 Å².